The van der Waals surface area contributed by atoms with Crippen molar-refractivity contribution in [1.82, 2.24) is 14.5 Å². The number of amides is 1. The van der Waals surface area contributed by atoms with Gasteiger partial charge in [0.05, 0.1) is 37.3 Å². The summed E-state index contributed by atoms with van der Waals surface area (Å²) in [5, 5.41) is -0.00721. The number of carbonyl (C=O) groups is 1. The summed E-state index contributed by atoms with van der Waals surface area (Å²) in [6.45, 7) is 13.4. The third kappa shape index (κ3) is 8.46. The highest BCUT2D eigenvalue weighted by molar-refractivity contribution is 7.90. The summed E-state index contributed by atoms with van der Waals surface area (Å²) >= 11 is 6.50. The molecule has 5 aliphatic rings. The summed E-state index contributed by atoms with van der Waals surface area (Å²) in [6, 6.07) is 11.9. The summed E-state index contributed by atoms with van der Waals surface area (Å²) in [5.74, 6) is 7.65. The van der Waals surface area contributed by atoms with Gasteiger partial charge in [-0.3, -0.25) is 14.6 Å². The van der Waals surface area contributed by atoms with Crippen molar-refractivity contribution >= 4 is 33.2 Å². The number of ether oxygens (including phenoxy) is 3. The van der Waals surface area contributed by atoms with Gasteiger partial charge in [0.2, 0.25) is 10.0 Å². The number of halogens is 1. The fourth-order valence-corrected chi connectivity index (χ4v) is 10.1. The van der Waals surface area contributed by atoms with Crippen molar-refractivity contribution in [2.75, 3.05) is 77.6 Å². The van der Waals surface area contributed by atoms with Crippen LogP contribution in [0, 0.1) is 23.7 Å². The smallest absolute Gasteiger partial charge is 0.264 e. The van der Waals surface area contributed by atoms with E-state index < -0.39 is 26.8 Å². The summed E-state index contributed by atoms with van der Waals surface area (Å²) in [4.78, 5) is 20.8. The average Bonchev–Trinajstić information content (AvgIpc) is 3.31. The van der Waals surface area contributed by atoms with E-state index >= 15 is 0 Å². The van der Waals surface area contributed by atoms with E-state index in [0.29, 0.717) is 38.0 Å². The van der Waals surface area contributed by atoms with Gasteiger partial charge in [-0.1, -0.05) is 42.5 Å². The lowest BCUT2D eigenvalue weighted by atomic mass is 9.64. The molecule has 3 fully saturated rings. The summed E-state index contributed by atoms with van der Waals surface area (Å²) in [5.41, 5.74) is 2.55. The second-order valence-corrected chi connectivity index (χ2v) is 19.0. The highest BCUT2D eigenvalue weighted by atomic mass is 35.5. The number of rotatable bonds is 10. The van der Waals surface area contributed by atoms with Crippen molar-refractivity contribution in [3.8, 4) is 17.6 Å². The van der Waals surface area contributed by atoms with Crippen LogP contribution >= 0.6 is 11.6 Å². The Bertz CT molecular complexity index is 1930. The standard InChI is InChI=1S/C43H57ClN4O6S/c1-5-6-17-43(52-4,18-8-19-46-20-21-47-22-23-53-28-36(47)27-46)38-13-10-34(38)26-48-29-42(16-7-9-32-24-35(44)12-14-37(32)42)30-54-40-15-11-33(25-39(40)48)41(49)45-55(50,51)31(2)3/h6,11-12,14-15,17,24-25,31,34,36,38H,5,7,9-10,13,16,19-23,26-30H2,1-4H3,(H,45,49)/b17-6+/t34-,36-,38+,42-,43+/m0/s1. The highest BCUT2D eigenvalue weighted by Gasteiger charge is 2.48. The van der Waals surface area contributed by atoms with Crippen LogP contribution in [0.1, 0.15) is 74.4 Å². The fraction of sp³-hybridized carbons (Fsp3) is 0.605. The molecule has 1 N–H and O–H groups in total. The van der Waals surface area contributed by atoms with Crippen molar-refractivity contribution in [1.29, 1.82) is 0 Å². The van der Waals surface area contributed by atoms with Gasteiger partial charge in [-0.25, -0.2) is 13.1 Å². The lowest BCUT2D eigenvalue weighted by Gasteiger charge is -2.48. The van der Waals surface area contributed by atoms with Crippen LogP contribution in [0.15, 0.2) is 48.6 Å². The van der Waals surface area contributed by atoms with Crippen LogP contribution in [-0.2, 0) is 31.3 Å². The van der Waals surface area contributed by atoms with E-state index in [9.17, 15) is 13.2 Å². The molecule has 2 aliphatic carbocycles. The van der Waals surface area contributed by atoms with Crippen LogP contribution < -0.4 is 14.4 Å². The second kappa shape index (κ2) is 16.8. The normalized spacial score (nSPS) is 26.8. The Labute approximate surface area is 332 Å². The molecule has 0 unspecified atom stereocenters. The van der Waals surface area contributed by atoms with Crippen LogP contribution in [0.2, 0.25) is 5.02 Å². The number of piperazine rings is 1. The van der Waals surface area contributed by atoms with E-state index in [1.165, 1.54) is 11.1 Å². The van der Waals surface area contributed by atoms with Crippen LogP contribution in [0.4, 0.5) is 5.69 Å². The SMILES string of the molecule is CC/C=C/[C@](C#CCN1CCN2CCOC[C@@H]2C1)(OC)[C@@H]1CC[C@H]1CN1C[C@@]2(CCCc3cc(Cl)ccc32)COc2ccc(C(=O)NS(=O)(=O)C(C)C)cc21. The molecule has 55 heavy (non-hydrogen) atoms. The zero-order chi connectivity index (χ0) is 38.8. The van der Waals surface area contributed by atoms with E-state index in [4.69, 9.17) is 25.8 Å². The topological polar surface area (TPSA) is 101 Å². The monoisotopic (exact) mass is 792 g/mol. The van der Waals surface area contributed by atoms with Gasteiger partial charge in [0.1, 0.15) is 11.4 Å². The molecule has 1 spiro atoms. The molecule has 2 saturated heterocycles. The first-order chi connectivity index (χ1) is 26.5. The largest absolute Gasteiger partial charge is 0.490 e. The molecule has 7 rings (SSSR count). The Hall–Kier alpha value is -3.11. The number of carbonyl (C=O) groups excluding carboxylic acids is 1. The third-order valence-electron chi connectivity index (χ3n) is 12.6. The average molecular weight is 793 g/mol. The zero-order valence-electron chi connectivity index (χ0n) is 32.8. The fourth-order valence-electron chi connectivity index (χ4n) is 9.26. The summed E-state index contributed by atoms with van der Waals surface area (Å²) in [6.07, 6.45) is 10.2. The van der Waals surface area contributed by atoms with E-state index in [1.807, 2.05) is 12.1 Å². The predicted octanol–water partition coefficient (Wildman–Crippen LogP) is 5.68. The number of morpholine rings is 1. The van der Waals surface area contributed by atoms with Crippen LogP contribution in [0.3, 0.4) is 0 Å². The van der Waals surface area contributed by atoms with Gasteiger partial charge in [0.25, 0.3) is 5.91 Å². The lowest BCUT2D eigenvalue weighted by molar-refractivity contribution is -0.0424. The third-order valence-corrected chi connectivity index (χ3v) is 14.6. The maximum atomic E-state index is 13.4. The van der Waals surface area contributed by atoms with Crippen LogP contribution in [0.25, 0.3) is 0 Å². The first kappa shape index (κ1) is 40.1. The maximum Gasteiger partial charge on any atom is 0.264 e. The van der Waals surface area contributed by atoms with E-state index in [-0.39, 0.29) is 22.8 Å². The van der Waals surface area contributed by atoms with Gasteiger partial charge in [-0.2, -0.15) is 0 Å². The second-order valence-electron chi connectivity index (χ2n) is 16.4. The van der Waals surface area contributed by atoms with Crippen molar-refractivity contribution in [3.63, 3.8) is 0 Å². The number of sulfonamides is 1. The highest BCUT2D eigenvalue weighted by Crippen LogP contribution is 2.49. The molecule has 3 aliphatic heterocycles. The number of anilines is 1. The first-order valence-corrected chi connectivity index (χ1v) is 22.0. The van der Waals surface area contributed by atoms with Crippen LogP contribution in [0.5, 0.6) is 5.75 Å². The van der Waals surface area contributed by atoms with Gasteiger partial charge >= 0.3 is 0 Å². The molecule has 12 heteroatoms. The minimum absolute atomic E-state index is 0.153. The quantitative estimate of drug-likeness (QED) is 0.241. The van der Waals surface area contributed by atoms with E-state index in [1.54, 1.807) is 33.1 Å². The number of fused-ring (bicyclic) bond motifs is 4. The molecule has 2 aromatic carbocycles. The number of aryl methyl sites for hydroxylation is 1. The Balaban J connectivity index is 1.19. The van der Waals surface area contributed by atoms with E-state index in [2.05, 4.69) is 62.5 Å². The Kier molecular flexibility index (Phi) is 12.2. The van der Waals surface area contributed by atoms with Crippen LogP contribution in [-0.4, -0.2) is 114 Å². The zero-order valence-corrected chi connectivity index (χ0v) is 34.4. The molecule has 5 atom stereocenters. The van der Waals surface area contributed by atoms with Gasteiger partial charge in [-0.15, -0.1) is 0 Å². The molecule has 2 aromatic rings. The Morgan fingerprint density at radius 3 is 2.80 bits per heavy atom. The number of allylic oxidation sites excluding steroid dienone is 1. The van der Waals surface area contributed by atoms with Gasteiger partial charge < -0.3 is 19.1 Å². The number of hydrogen-bond donors (Lipinski definition) is 1. The van der Waals surface area contributed by atoms with Crippen molar-refractivity contribution < 1.29 is 27.4 Å². The lowest BCUT2D eigenvalue weighted by Crippen LogP contribution is -2.58. The minimum Gasteiger partial charge on any atom is -0.490 e. The van der Waals surface area contributed by atoms with Crippen molar-refractivity contribution in [2.24, 2.45) is 11.8 Å². The van der Waals surface area contributed by atoms with Gasteiger partial charge in [0.15, 0.2) is 0 Å². The van der Waals surface area contributed by atoms with Gasteiger partial charge in [0, 0.05) is 74.3 Å². The van der Waals surface area contributed by atoms with E-state index in [0.717, 1.165) is 88.6 Å². The van der Waals surface area contributed by atoms with Crippen molar-refractivity contribution in [2.45, 2.75) is 81.6 Å². The number of benzene rings is 2. The number of nitrogens with zero attached hydrogens (tertiary/aromatic N) is 3. The Morgan fingerprint density at radius 1 is 1.18 bits per heavy atom. The molecule has 3 heterocycles. The first-order valence-electron chi connectivity index (χ1n) is 20.1. The molecule has 0 radical (unpaired) electrons. The molecular formula is C43H57ClN4O6S. The minimum atomic E-state index is -3.81. The molecular weight excluding hydrogens is 736 g/mol. The van der Waals surface area contributed by atoms with Gasteiger partial charge in [-0.05, 0) is 106 Å². The summed E-state index contributed by atoms with van der Waals surface area (Å²) in [7, 11) is -2.03. The number of methoxy groups -OCH3 is 1. The Morgan fingerprint density at radius 2 is 2.04 bits per heavy atom. The maximum absolute atomic E-state index is 13.4. The number of nitrogens with one attached hydrogen (secondary N) is 1. The molecule has 0 aromatic heterocycles. The molecule has 298 valence electrons. The summed E-state index contributed by atoms with van der Waals surface area (Å²) < 4.78 is 46.6. The number of hydrogen-bond acceptors (Lipinski definition) is 9. The van der Waals surface area contributed by atoms with Crippen molar-refractivity contribution in [3.05, 3.63) is 70.3 Å². The molecule has 0 bridgehead atoms. The molecule has 1 saturated carbocycles. The molecule has 10 nitrogen and oxygen atoms in total. The predicted molar refractivity (Wildman–Crippen MR) is 218 cm³/mol. The molecule has 1 amide bonds.